The molecule has 0 radical (unpaired) electrons. The van der Waals surface area contributed by atoms with Crippen LogP contribution in [0.4, 0.5) is 0 Å². The smallest absolute Gasteiger partial charge is 0.0897 e. The highest BCUT2D eigenvalue weighted by Crippen LogP contribution is 2.33. The highest BCUT2D eigenvalue weighted by molar-refractivity contribution is 5.86. The molecule has 0 unspecified atom stereocenters. The molecule has 1 nitrogen and oxygen atoms in total. The van der Waals surface area contributed by atoms with Crippen LogP contribution in [0.5, 0.6) is 0 Å². The lowest BCUT2D eigenvalue weighted by Crippen LogP contribution is -2.28. The minimum atomic E-state index is -0.777. The first-order valence-corrected chi connectivity index (χ1v) is 5.74. The summed E-state index contributed by atoms with van der Waals surface area (Å²) < 4.78 is 0. The zero-order valence-electron chi connectivity index (χ0n) is 10.1. The van der Waals surface area contributed by atoms with Crippen LogP contribution in [0.2, 0.25) is 0 Å². The lowest BCUT2D eigenvalue weighted by molar-refractivity contribution is 0.0105. The normalized spacial score (nSPS) is 15.3. The molecule has 2 aromatic carbocycles. The summed E-state index contributed by atoms with van der Waals surface area (Å²) in [6.07, 6.45) is 0. The van der Waals surface area contributed by atoms with Gasteiger partial charge in [-0.2, -0.15) is 0 Å². The minimum absolute atomic E-state index is 0.193. The Labute approximate surface area is 96.7 Å². The Kier molecular flexibility index (Phi) is 2.73. The van der Waals surface area contributed by atoms with Gasteiger partial charge in [0, 0.05) is 0 Å². The van der Waals surface area contributed by atoms with Crippen LogP contribution in [0.25, 0.3) is 10.8 Å². The summed E-state index contributed by atoms with van der Waals surface area (Å²) in [7, 11) is 0. The topological polar surface area (TPSA) is 20.2 Å². The maximum Gasteiger partial charge on any atom is 0.0897 e. The molecule has 0 bridgehead atoms. The zero-order valence-corrected chi connectivity index (χ0v) is 10.1. The number of hydrogen-bond donors (Lipinski definition) is 1. The molecule has 0 aliphatic rings. The van der Waals surface area contributed by atoms with E-state index in [4.69, 9.17) is 0 Å². The molecule has 2 rings (SSSR count). The molecule has 16 heavy (non-hydrogen) atoms. The Bertz CT molecular complexity index is 492. The third-order valence-corrected chi connectivity index (χ3v) is 3.46. The van der Waals surface area contributed by atoms with Gasteiger partial charge in [-0.3, -0.25) is 0 Å². The number of hydrogen-bond acceptors (Lipinski definition) is 1. The van der Waals surface area contributed by atoms with E-state index < -0.39 is 5.60 Å². The molecule has 0 aliphatic heterocycles. The first kappa shape index (κ1) is 11.2. The van der Waals surface area contributed by atoms with Crippen LogP contribution >= 0.6 is 0 Å². The maximum absolute atomic E-state index is 10.6. The van der Waals surface area contributed by atoms with Crippen molar-refractivity contribution >= 4 is 10.8 Å². The number of aliphatic hydroxyl groups is 1. The van der Waals surface area contributed by atoms with Crippen LogP contribution in [0.3, 0.4) is 0 Å². The van der Waals surface area contributed by atoms with E-state index in [-0.39, 0.29) is 5.92 Å². The molecule has 1 N–H and O–H groups in total. The standard InChI is InChI=1S/C15H18O/c1-11(2)15(3,16)14-10-6-8-12-7-4-5-9-13(12)14/h4-11,16H,1-3H3/t15-/m1/s1. The third-order valence-electron chi connectivity index (χ3n) is 3.46. The second-order valence-electron chi connectivity index (χ2n) is 4.83. The molecule has 1 atom stereocenters. The molecule has 84 valence electrons. The minimum Gasteiger partial charge on any atom is -0.385 e. The fourth-order valence-electron chi connectivity index (χ4n) is 1.98. The van der Waals surface area contributed by atoms with Crippen molar-refractivity contribution in [3.8, 4) is 0 Å². The van der Waals surface area contributed by atoms with E-state index in [0.717, 1.165) is 10.9 Å². The summed E-state index contributed by atoms with van der Waals surface area (Å²) >= 11 is 0. The number of benzene rings is 2. The highest BCUT2D eigenvalue weighted by atomic mass is 16.3. The van der Waals surface area contributed by atoms with E-state index in [1.807, 2.05) is 45.0 Å². The molecule has 0 heterocycles. The zero-order chi connectivity index (χ0) is 11.8. The molecule has 0 amide bonds. The van der Waals surface area contributed by atoms with E-state index in [2.05, 4.69) is 18.2 Å². The summed E-state index contributed by atoms with van der Waals surface area (Å²) in [6.45, 7) is 5.98. The monoisotopic (exact) mass is 214 g/mol. The van der Waals surface area contributed by atoms with Gasteiger partial charge in [0.25, 0.3) is 0 Å². The van der Waals surface area contributed by atoms with Gasteiger partial charge >= 0.3 is 0 Å². The van der Waals surface area contributed by atoms with E-state index in [0.29, 0.717) is 0 Å². The average Bonchev–Trinajstić information content (AvgIpc) is 2.28. The SMILES string of the molecule is CC(C)[C@@](C)(O)c1cccc2ccccc12. The van der Waals surface area contributed by atoms with Crippen LogP contribution in [0.15, 0.2) is 42.5 Å². The number of fused-ring (bicyclic) bond motifs is 1. The predicted molar refractivity (Wildman–Crippen MR) is 68.4 cm³/mol. The van der Waals surface area contributed by atoms with Crippen LogP contribution in [0, 0.1) is 5.92 Å². The second-order valence-corrected chi connectivity index (χ2v) is 4.83. The van der Waals surface area contributed by atoms with Gasteiger partial charge in [-0.05, 0) is 29.2 Å². The van der Waals surface area contributed by atoms with Crippen molar-refractivity contribution in [3.63, 3.8) is 0 Å². The van der Waals surface area contributed by atoms with Crippen molar-refractivity contribution in [2.75, 3.05) is 0 Å². The maximum atomic E-state index is 10.6. The fourth-order valence-corrected chi connectivity index (χ4v) is 1.98. The van der Waals surface area contributed by atoms with Crippen molar-refractivity contribution in [2.45, 2.75) is 26.4 Å². The molecule has 0 fully saturated rings. The van der Waals surface area contributed by atoms with Gasteiger partial charge in [0.1, 0.15) is 0 Å². The summed E-state index contributed by atoms with van der Waals surface area (Å²) in [6, 6.07) is 14.3. The first-order chi connectivity index (χ1) is 7.53. The van der Waals surface area contributed by atoms with Crippen LogP contribution in [-0.2, 0) is 5.60 Å². The van der Waals surface area contributed by atoms with E-state index >= 15 is 0 Å². The van der Waals surface area contributed by atoms with E-state index in [9.17, 15) is 5.11 Å². The molecule has 0 saturated carbocycles. The van der Waals surface area contributed by atoms with Crippen molar-refractivity contribution < 1.29 is 5.11 Å². The van der Waals surface area contributed by atoms with Crippen molar-refractivity contribution in [1.29, 1.82) is 0 Å². The summed E-state index contributed by atoms with van der Waals surface area (Å²) in [5, 5.41) is 12.9. The van der Waals surface area contributed by atoms with Crippen molar-refractivity contribution in [3.05, 3.63) is 48.0 Å². The lowest BCUT2D eigenvalue weighted by atomic mass is 9.83. The summed E-state index contributed by atoms with van der Waals surface area (Å²) in [5.74, 6) is 0.193. The average molecular weight is 214 g/mol. The molecule has 0 spiro atoms. The summed E-state index contributed by atoms with van der Waals surface area (Å²) in [4.78, 5) is 0. The van der Waals surface area contributed by atoms with Gasteiger partial charge in [0.2, 0.25) is 0 Å². The number of rotatable bonds is 2. The van der Waals surface area contributed by atoms with Gasteiger partial charge in [-0.1, -0.05) is 56.3 Å². The van der Waals surface area contributed by atoms with Gasteiger partial charge in [-0.15, -0.1) is 0 Å². The van der Waals surface area contributed by atoms with Gasteiger partial charge in [0.05, 0.1) is 5.60 Å². The van der Waals surface area contributed by atoms with Gasteiger partial charge < -0.3 is 5.11 Å². The molecule has 2 aromatic rings. The van der Waals surface area contributed by atoms with Crippen LogP contribution in [-0.4, -0.2) is 5.11 Å². The fraction of sp³-hybridized carbons (Fsp3) is 0.333. The Balaban J connectivity index is 2.70. The molecule has 0 aliphatic carbocycles. The summed E-state index contributed by atoms with van der Waals surface area (Å²) in [5.41, 5.74) is 0.238. The van der Waals surface area contributed by atoms with E-state index in [1.54, 1.807) is 0 Å². The van der Waals surface area contributed by atoms with Gasteiger partial charge in [-0.25, -0.2) is 0 Å². The third kappa shape index (κ3) is 1.72. The quantitative estimate of drug-likeness (QED) is 0.808. The highest BCUT2D eigenvalue weighted by Gasteiger charge is 2.28. The van der Waals surface area contributed by atoms with Crippen LogP contribution < -0.4 is 0 Å². The molecular formula is C15H18O. The van der Waals surface area contributed by atoms with Crippen LogP contribution in [0.1, 0.15) is 26.3 Å². The predicted octanol–water partition coefficient (Wildman–Crippen LogP) is 3.70. The molecule has 0 saturated heterocycles. The largest absolute Gasteiger partial charge is 0.385 e. The van der Waals surface area contributed by atoms with Gasteiger partial charge in [0.15, 0.2) is 0 Å². The Morgan fingerprint density at radius 2 is 1.62 bits per heavy atom. The molecular weight excluding hydrogens is 196 g/mol. The molecule has 0 aromatic heterocycles. The Hall–Kier alpha value is -1.34. The first-order valence-electron chi connectivity index (χ1n) is 5.74. The Morgan fingerprint density at radius 1 is 1.00 bits per heavy atom. The lowest BCUT2D eigenvalue weighted by Gasteiger charge is -2.29. The van der Waals surface area contributed by atoms with Crippen molar-refractivity contribution in [2.24, 2.45) is 5.92 Å². The van der Waals surface area contributed by atoms with Crippen molar-refractivity contribution in [1.82, 2.24) is 0 Å². The van der Waals surface area contributed by atoms with E-state index in [1.165, 1.54) is 5.39 Å². The Morgan fingerprint density at radius 3 is 2.31 bits per heavy atom. The molecule has 1 heteroatoms. The second kappa shape index (κ2) is 3.91.